The van der Waals surface area contributed by atoms with E-state index in [0.717, 1.165) is 6.54 Å². The number of carbonyl (C=O) groups is 1. The molecule has 1 fully saturated rings. The third-order valence-electron chi connectivity index (χ3n) is 3.81. The third-order valence-corrected chi connectivity index (χ3v) is 3.81. The van der Waals surface area contributed by atoms with Crippen LogP contribution in [-0.4, -0.2) is 46.8 Å². The van der Waals surface area contributed by atoms with Gasteiger partial charge in [0, 0.05) is 20.1 Å². The summed E-state index contributed by atoms with van der Waals surface area (Å²) in [5, 5.41) is 6.93. The molecule has 0 aromatic carbocycles. The molecule has 0 radical (unpaired) electrons. The number of amides is 1. The number of nitrogens with one attached hydrogen (secondary N) is 1. The van der Waals surface area contributed by atoms with Crippen molar-refractivity contribution in [2.24, 2.45) is 13.0 Å². The van der Waals surface area contributed by atoms with Gasteiger partial charge >= 0.3 is 0 Å². The van der Waals surface area contributed by atoms with Gasteiger partial charge in [-0.25, -0.2) is 0 Å². The number of rotatable bonds is 5. The number of nitrogens with two attached hydrogens (primary N) is 1. The standard InChI is InChI=1S/C14H25N5O/c1-11(10-19-6-4-3-5-7-19)8-16-14(20)13-12(15)9-17-18(13)2/h9,11H,3-8,10,15H2,1-2H3,(H,16,20). The Kier molecular flexibility index (Phi) is 5.00. The van der Waals surface area contributed by atoms with Crippen molar-refractivity contribution in [3.63, 3.8) is 0 Å². The monoisotopic (exact) mass is 279 g/mol. The summed E-state index contributed by atoms with van der Waals surface area (Å²) >= 11 is 0. The number of carbonyl (C=O) groups excluding carboxylic acids is 1. The van der Waals surface area contributed by atoms with Gasteiger partial charge in [0.2, 0.25) is 0 Å². The zero-order valence-corrected chi connectivity index (χ0v) is 12.4. The number of hydrogen-bond donors (Lipinski definition) is 2. The second-order valence-electron chi connectivity index (χ2n) is 5.75. The van der Waals surface area contributed by atoms with E-state index in [-0.39, 0.29) is 5.91 Å². The maximum atomic E-state index is 12.1. The van der Waals surface area contributed by atoms with E-state index in [1.807, 2.05) is 0 Å². The molecule has 1 aromatic rings. The van der Waals surface area contributed by atoms with Crippen molar-refractivity contribution in [3.8, 4) is 0 Å². The van der Waals surface area contributed by atoms with Crippen molar-refractivity contribution in [1.82, 2.24) is 20.0 Å². The topological polar surface area (TPSA) is 76.2 Å². The van der Waals surface area contributed by atoms with Crippen molar-refractivity contribution >= 4 is 11.6 Å². The second-order valence-corrected chi connectivity index (χ2v) is 5.75. The molecule has 1 amide bonds. The lowest BCUT2D eigenvalue weighted by Gasteiger charge is -2.29. The lowest BCUT2D eigenvalue weighted by molar-refractivity contribution is 0.0934. The van der Waals surface area contributed by atoms with Crippen molar-refractivity contribution in [1.29, 1.82) is 0 Å². The van der Waals surface area contributed by atoms with E-state index in [0.29, 0.717) is 23.8 Å². The average molecular weight is 279 g/mol. The molecule has 6 nitrogen and oxygen atoms in total. The molecule has 0 saturated carbocycles. The van der Waals surface area contributed by atoms with E-state index in [4.69, 9.17) is 5.73 Å². The Morgan fingerprint density at radius 1 is 1.45 bits per heavy atom. The van der Waals surface area contributed by atoms with Crippen molar-refractivity contribution in [2.75, 3.05) is 31.9 Å². The van der Waals surface area contributed by atoms with E-state index in [2.05, 4.69) is 22.2 Å². The van der Waals surface area contributed by atoms with Gasteiger partial charge in [0.05, 0.1) is 11.9 Å². The zero-order chi connectivity index (χ0) is 14.5. The molecule has 6 heteroatoms. The maximum Gasteiger partial charge on any atom is 0.271 e. The lowest BCUT2D eigenvalue weighted by Crippen LogP contribution is -2.38. The van der Waals surface area contributed by atoms with Gasteiger partial charge in [-0.1, -0.05) is 13.3 Å². The normalized spacial score (nSPS) is 17.9. The minimum Gasteiger partial charge on any atom is -0.396 e. The zero-order valence-electron chi connectivity index (χ0n) is 12.4. The smallest absolute Gasteiger partial charge is 0.271 e. The summed E-state index contributed by atoms with van der Waals surface area (Å²) in [6.07, 6.45) is 5.45. The van der Waals surface area contributed by atoms with Crippen LogP contribution in [0.15, 0.2) is 6.20 Å². The number of likely N-dealkylation sites (tertiary alicyclic amines) is 1. The minimum absolute atomic E-state index is 0.145. The van der Waals surface area contributed by atoms with Crippen molar-refractivity contribution < 1.29 is 4.79 Å². The fourth-order valence-electron chi connectivity index (χ4n) is 2.73. The molecule has 2 heterocycles. The summed E-state index contributed by atoms with van der Waals surface area (Å²) in [4.78, 5) is 14.6. The predicted molar refractivity (Wildman–Crippen MR) is 79.4 cm³/mol. The highest BCUT2D eigenvalue weighted by molar-refractivity contribution is 5.97. The van der Waals surface area contributed by atoms with Crippen LogP contribution in [0.1, 0.15) is 36.7 Å². The SMILES string of the molecule is CC(CNC(=O)c1c(N)cnn1C)CN1CCCCC1. The third kappa shape index (κ3) is 3.72. The fraction of sp³-hybridized carbons (Fsp3) is 0.714. The molecular weight excluding hydrogens is 254 g/mol. The average Bonchev–Trinajstić information content (AvgIpc) is 2.77. The van der Waals surface area contributed by atoms with E-state index in [1.165, 1.54) is 43.2 Å². The lowest BCUT2D eigenvalue weighted by atomic mass is 10.1. The highest BCUT2D eigenvalue weighted by Crippen LogP contribution is 2.11. The predicted octanol–water partition coefficient (Wildman–Crippen LogP) is 0.854. The van der Waals surface area contributed by atoms with Crippen LogP contribution in [0.3, 0.4) is 0 Å². The number of nitrogen functional groups attached to an aromatic ring is 1. The van der Waals surface area contributed by atoms with Crippen LogP contribution >= 0.6 is 0 Å². The summed E-state index contributed by atoms with van der Waals surface area (Å²) in [7, 11) is 1.72. The molecule has 1 unspecified atom stereocenters. The molecule has 1 aliphatic rings. The fourth-order valence-corrected chi connectivity index (χ4v) is 2.73. The quantitative estimate of drug-likeness (QED) is 0.838. The Labute approximate surface area is 120 Å². The van der Waals surface area contributed by atoms with Crippen LogP contribution in [-0.2, 0) is 7.05 Å². The first-order valence-electron chi connectivity index (χ1n) is 7.36. The van der Waals surface area contributed by atoms with Crippen molar-refractivity contribution in [3.05, 3.63) is 11.9 Å². The number of aromatic nitrogens is 2. The summed E-state index contributed by atoms with van der Waals surface area (Å²) in [6, 6.07) is 0. The Bertz CT molecular complexity index is 431. The largest absolute Gasteiger partial charge is 0.396 e. The van der Waals surface area contributed by atoms with Crippen LogP contribution in [0, 0.1) is 5.92 Å². The Morgan fingerprint density at radius 3 is 2.75 bits per heavy atom. The maximum absolute atomic E-state index is 12.1. The molecule has 1 atom stereocenters. The summed E-state index contributed by atoms with van der Waals surface area (Å²) in [6.45, 7) is 6.25. The van der Waals surface area contributed by atoms with Crippen LogP contribution < -0.4 is 11.1 Å². The van der Waals surface area contributed by atoms with E-state index >= 15 is 0 Å². The molecule has 20 heavy (non-hydrogen) atoms. The van der Waals surface area contributed by atoms with Gasteiger partial charge in [0.15, 0.2) is 0 Å². The molecule has 3 N–H and O–H groups in total. The first-order valence-corrected chi connectivity index (χ1v) is 7.36. The Balaban J connectivity index is 1.78. The minimum atomic E-state index is -0.145. The van der Waals surface area contributed by atoms with Crippen LogP contribution in [0.4, 0.5) is 5.69 Å². The van der Waals surface area contributed by atoms with Crippen molar-refractivity contribution in [2.45, 2.75) is 26.2 Å². The Hall–Kier alpha value is -1.56. The summed E-state index contributed by atoms with van der Waals surface area (Å²) in [5.41, 5.74) is 6.61. The number of hydrogen-bond acceptors (Lipinski definition) is 4. The second kappa shape index (κ2) is 6.74. The van der Waals surface area contributed by atoms with Crippen LogP contribution in [0.5, 0.6) is 0 Å². The highest BCUT2D eigenvalue weighted by Gasteiger charge is 2.17. The molecular formula is C14H25N5O. The van der Waals surface area contributed by atoms with Crippen LogP contribution in [0.2, 0.25) is 0 Å². The van der Waals surface area contributed by atoms with Gasteiger partial charge in [0.25, 0.3) is 5.91 Å². The molecule has 0 bridgehead atoms. The van der Waals surface area contributed by atoms with Gasteiger partial charge in [0.1, 0.15) is 5.69 Å². The first-order chi connectivity index (χ1) is 9.58. The molecule has 1 aromatic heterocycles. The molecule has 2 rings (SSSR count). The number of piperidine rings is 1. The van der Waals surface area contributed by atoms with Gasteiger partial charge in [-0.05, 0) is 31.8 Å². The molecule has 0 aliphatic carbocycles. The van der Waals surface area contributed by atoms with Gasteiger partial charge < -0.3 is 16.0 Å². The van der Waals surface area contributed by atoms with E-state index < -0.39 is 0 Å². The number of anilines is 1. The molecule has 1 aliphatic heterocycles. The number of nitrogens with zero attached hydrogens (tertiary/aromatic N) is 3. The van der Waals surface area contributed by atoms with Gasteiger partial charge in [-0.15, -0.1) is 0 Å². The molecule has 1 saturated heterocycles. The van der Waals surface area contributed by atoms with E-state index in [1.54, 1.807) is 7.05 Å². The van der Waals surface area contributed by atoms with Gasteiger partial charge in [-0.2, -0.15) is 5.10 Å². The molecule has 0 spiro atoms. The van der Waals surface area contributed by atoms with Crippen LogP contribution in [0.25, 0.3) is 0 Å². The summed E-state index contributed by atoms with van der Waals surface area (Å²) < 4.78 is 1.51. The first kappa shape index (κ1) is 14.8. The van der Waals surface area contributed by atoms with Gasteiger partial charge in [-0.3, -0.25) is 9.48 Å². The highest BCUT2D eigenvalue weighted by atomic mass is 16.2. The Morgan fingerprint density at radius 2 is 2.15 bits per heavy atom. The van der Waals surface area contributed by atoms with E-state index in [9.17, 15) is 4.79 Å². The number of aryl methyl sites for hydroxylation is 1. The molecule has 112 valence electrons. The summed E-state index contributed by atoms with van der Waals surface area (Å²) in [5.74, 6) is 0.291.